The van der Waals surface area contributed by atoms with E-state index in [9.17, 15) is 4.79 Å². The van der Waals surface area contributed by atoms with Gasteiger partial charge in [0.05, 0.1) is 7.11 Å². The number of nitrogens with zero attached hydrogens (tertiary/aromatic N) is 3. The van der Waals surface area contributed by atoms with Gasteiger partial charge in [0.25, 0.3) is 0 Å². The SMILES string of the molecule is COc1ccc(-c2noc(C3CCCN3C(=O)CC(C)(C)C)n2)cc1. The van der Waals surface area contributed by atoms with Crippen molar-refractivity contribution in [3.63, 3.8) is 0 Å². The zero-order valence-electron chi connectivity index (χ0n) is 15.3. The molecule has 0 aliphatic carbocycles. The molecule has 1 aliphatic rings. The fourth-order valence-electron chi connectivity index (χ4n) is 3.11. The summed E-state index contributed by atoms with van der Waals surface area (Å²) in [7, 11) is 1.63. The molecule has 1 amide bonds. The van der Waals surface area contributed by atoms with Crippen LogP contribution in [0.5, 0.6) is 5.75 Å². The van der Waals surface area contributed by atoms with Crippen LogP contribution in [0.15, 0.2) is 28.8 Å². The average Bonchev–Trinajstić information content (AvgIpc) is 3.22. The fourth-order valence-corrected chi connectivity index (χ4v) is 3.11. The number of benzene rings is 1. The minimum absolute atomic E-state index is 0.0344. The van der Waals surface area contributed by atoms with E-state index in [0.717, 1.165) is 30.7 Å². The van der Waals surface area contributed by atoms with E-state index in [1.807, 2.05) is 29.2 Å². The van der Waals surface area contributed by atoms with E-state index in [-0.39, 0.29) is 17.4 Å². The molecule has 2 heterocycles. The van der Waals surface area contributed by atoms with Crippen LogP contribution in [0.3, 0.4) is 0 Å². The van der Waals surface area contributed by atoms with E-state index >= 15 is 0 Å². The number of methoxy groups -OCH3 is 1. The standard InChI is InChI=1S/C19H25N3O3/c1-19(2,3)12-16(23)22-11-5-6-15(22)18-20-17(21-25-18)13-7-9-14(24-4)10-8-13/h7-10,15H,5-6,11-12H2,1-4H3. The Kier molecular flexibility index (Phi) is 4.79. The van der Waals surface area contributed by atoms with Crippen molar-refractivity contribution in [3.8, 4) is 17.1 Å². The van der Waals surface area contributed by atoms with E-state index in [1.54, 1.807) is 7.11 Å². The number of ether oxygens (including phenoxy) is 1. The van der Waals surface area contributed by atoms with Crippen molar-refractivity contribution in [3.05, 3.63) is 30.2 Å². The molecule has 1 saturated heterocycles. The molecule has 0 spiro atoms. The third kappa shape index (κ3) is 4.00. The minimum atomic E-state index is -0.116. The third-order valence-corrected chi connectivity index (χ3v) is 4.33. The van der Waals surface area contributed by atoms with Crippen LogP contribution in [0, 0.1) is 5.41 Å². The summed E-state index contributed by atoms with van der Waals surface area (Å²) in [5, 5.41) is 4.09. The fraction of sp³-hybridized carbons (Fsp3) is 0.526. The summed E-state index contributed by atoms with van der Waals surface area (Å²) in [6.07, 6.45) is 2.34. The van der Waals surface area contributed by atoms with Gasteiger partial charge in [-0.25, -0.2) is 0 Å². The largest absolute Gasteiger partial charge is 0.497 e. The van der Waals surface area contributed by atoms with Crippen molar-refractivity contribution in [2.75, 3.05) is 13.7 Å². The molecule has 0 saturated carbocycles. The van der Waals surface area contributed by atoms with Gasteiger partial charge in [0.1, 0.15) is 11.8 Å². The summed E-state index contributed by atoms with van der Waals surface area (Å²) in [5.74, 6) is 1.99. The molecular formula is C19H25N3O3. The molecule has 25 heavy (non-hydrogen) atoms. The second kappa shape index (κ2) is 6.86. The first kappa shape index (κ1) is 17.5. The maximum atomic E-state index is 12.6. The Balaban J connectivity index is 1.77. The van der Waals surface area contributed by atoms with Gasteiger partial charge >= 0.3 is 0 Å². The van der Waals surface area contributed by atoms with E-state index in [0.29, 0.717) is 18.1 Å². The molecule has 0 bridgehead atoms. The first-order chi connectivity index (χ1) is 11.9. The minimum Gasteiger partial charge on any atom is -0.497 e. The van der Waals surface area contributed by atoms with Crippen molar-refractivity contribution in [1.29, 1.82) is 0 Å². The normalized spacial score (nSPS) is 17.8. The van der Waals surface area contributed by atoms with E-state index < -0.39 is 0 Å². The Hall–Kier alpha value is -2.37. The summed E-state index contributed by atoms with van der Waals surface area (Å²) in [5.41, 5.74) is 0.828. The van der Waals surface area contributed by atoms with Crippen molar-refractivity contribution >= 4 is 5.91 Å². The van der Waals surface area contributed by atoms with Crippen LogP contribution in [0.4, 0.5) is 0 Å². The summed E-state index contributed by atoms with van der Waals surface area (Å²) < 4.78 is 10.6. The highest BCUT2D eigenvalue weighted by molar-refractivity contribution is 5.77. The van der Waals surface area contributed by atoms with Crippen molar-refractivity contribution in [1.82, 2.24) is 15.0 Å². The lowest BCUT2D eigenvalue weighted by atomic mass is 9.91. The average molecular weight is 343 g/mol. The third-order valence-electron chi connectivity index (χ3n) is 4.33. The van der Waals surface area contributed by atoms with Crippen LogP contribution in [-0.4, -0.2) is 34.6 Å². The van der Waals surface area contributed by atoms with Crippen LogP contribution in [0.25, 0.3) is 11.4 Å². The van der Waals surface area contributed by atoms with Gasteiger partial charge in [0.2, 0.25) is 17.6 Å². The molecule has 3 rings (SSSR count). The molecule has 6 nitrogen and oxygen atoms in total. The van der Waals surface area contributed by atoms with Crippen LogP contribution in [-0.2, 0) is 4.79 Å². The van der Waals surface area contributed by atoms with Gasteiger partial charge in [-0.3, -0.25) is 4.79 Å². The second-order valence-electron chi connectivity index (χ2n) is 7.67. The van der Waals surface area contributed by atoms with Gasteiger partial charge in [0, 0.05) is 18.5 Å². The molecule has 1 unspecified atom stereocenters. The van der Waals surface area contributed by atoms with Crippen molar-refractivity contribution < 1.29 is 14.1 Å². The topological polar surface area (TPSA) is 68.5 Å². The Bertz CT molecular complexity index is 731. The number of carbonyl (C=O) groups is 1. The van der Waals surface area contributed by atoms with Gasteiger partial charge in [-0.1, -0.05) is 25.9 Å². The lowest BCUT2D eigenvalue weighted by Crippen LogP contribution is -2.33. The lowest BCUT2D eigenvalue weighted by molar-refractivity contribution is -0.134. The molecule has 1 fully saturated rings. The molecule has 0 radical (unpaired) electrons. The van der Waals surface area contributed by atoms with E-state index in [4.69, 9.17) is 9.26 Å². The summed E-state index contributed by atoms with van der Waals surface area (Å²) in [6, 6.07) is 7.39. The maximum Gasteiger partial charge on any atom is 0.249 e. The molecule has 1 aliphatic heterocycles. The first-order valence-corrected chi connectivity index (χ1v) is 8.65. The van der Waals surface area contributed by atoms with Gasteiger partial charge < -0.3 is 14.2 Å². The number of rotatable bonds is 4. The second-order valence-corrected chi connectivity index (χ2v) is 7.67. The highest BCUT2D eigenvalue weighted by Gasteiger charge is 2.35. The van der Waals surface area contributed by atoms with E-state index in [1.165, 1.54) is 0 Å². The van der Waals surface area contributed by atoms with Crippen LogP contribution >= 0.6 is 0 Å². The van der Waals surface area contributed by atoms with Crippen molar-refractivity contribution in [2.24, 2.45) is 5.41 Å². The van der Waals surface area contributed by atoms with Crippen LogP contribution in [0.1, 0.15) is 52.0 Å². The summed E-state index contributed by atoms with van der Waals surface area (Å²) in [4.78, 5) is 19.0. The zero-order valence-corrected chi connectivity index (χ0v) is 15.3. The first-order valence-electron chi connectivity index (χ1n) is 8.65. The molecule has 134 valence electrons. The molecule has 1 aromatic heterocycles. The molecule has 1 aromatic carbocycles. The molecule has 2 aromatic rings. The maximum absolute atomic E-state index is 12.6. The zero-order chi connectivity index (χ0) is 18.0. The predicted octanol–water partition coefficient (Wildman–Crippen LogP) is 3.84. The number of carbonyl (C=O) groups excluding carboxylic acids is 1. The van der Waals surface area contributed by atoms with Gasteiger partial charge in [-0.15, -0.1) is 0 Å². The van der Waals surface area contributed by atoms with Crippen LogP contribution in [0.2, 0.25) is 0 Å². The highest BCUT2D eigenvalue weighted by atomic mass is 16.5. The molecular weight excluding hydrogens is 318 g/mol. The Labute approximate surface area is 148 Å². The molecule has 0 N–H and O–H groups in total. The van der Waals surface area contributed by atoms with Gasteiger partial charge in [-0.05, 0) is 42.5 Å². The number of hydrogen-bond acceptors (Lipinski definition) is 5. The highest BCUT2D eigenvalue weighted by Crippen LogP contribution is 2.34. The number of amides is 1. The quantitative estimate of drug-likeness (QED) is 0.843. The van der Waals surface area contributed by atoms with Crippen molar-refractivity contribution in [2.45, 2.75) is 46.1 Å². The van der Waals surface area contributed by atoms with Gasteiger partial charge in [-0.2, -0.15) is 4.98 Å². The molecule has 6 heteroatoms. The van der Waals surface area contributed by atoms with Gasteiger partial charge in [0.15, 0.2) is 0 Å². The smallest absolute Gasteiger partial charge is 0.249 e. The van der Waals surface area contributed by atoms with Crippen LogP contribution < -0.4 is 4.74 Å². The molecule has 1 atom stereocenters. The van der Waals surface area contributed by atoms with E-state index in [2.05, 4.69) is 30.9 Å². The Morgan fingerprint density at radius 2 is 2.04 bits per heavy atom. The number of aromatic nitrogens is 2. The Morgan fingerprint density at radius 1 is 1.32 bits per heavy atom. The Morgan fingerprint density at radius 3 is 2.68 bits per heavy atom. The lowest BCUT2D eigenvalue weighted by Gasteiger charge is -2.26. The number of likely N-dealkylation sites (tertiary alicyclic amines) is 1. The summed E-state index contributed by atoms with van der Waals surface area (Å²) >= 11 is 0. The number of hydrogen-bond donors (Lipinski definition) is 0. The summed E-state index contributed by atoms with van der Waals surface area (Å²) in [6.45, 7) is 6.97. The monoisotopic (exact) mass is 343 g/mol. The predicted molar refractivity (Wildman–Crippen MR) is 94.0 cm³/mol.